The maximum atomic E-state index is 13.6. The van der Waals surface area contributed by atoms with Crippen LogP contribution in [0.3, 0.4) is 0 Å². The van der Waals surface area contributed by atoms with Crippen LogP contribution in [-0.2, 0) is 10.0 Å². The summed E-state index contributed by atoms with van der Waals surface area (Å²) < 4.78 is 39.3. The first-order valence-corrected chi connectivity index (χ1v) is 14.5. The van der Waals surface area contributed by atoms with Gasteiger partial charge in [0.15, 0.2) is 0 Å². The molecule has 1 N–H and O–H groups in total. The van der Waals surface area contributed by atoms with Gasteiger partial charge in [0.2, 0.25) is 15.9 Å². The molecule has 3 aromatic rings. The number of carbonyl (C=O) groups is 1. The minimum absolute atomic E-state index is 0.0296. The first kappa shape index (κ1) is 29.3. The second kappa shape index (κ2) is 12.6. The van der Waals surface area contributed by atoms with Crippen molar-refractivity contribution in [1.82, 2.24) is 14.2 Å². The molecule has 2 aromatic carbocycles. The predicted molar refractivity (Wildman–Crippen MR) is 154 cm³/mol. The SMILES string of the molecule is COc1ccc(S(=O)(=O)N(C)C[C@H]2Oc3ncc(C=Cc4ccccc4)cc3C(=O)N([C@@H](C)CO)C[C@@H]2C)cc1. The van der Waals surface area contributed by atoms with E-state index in [1.54, 1.807) is 36.2 Å². The van der Waals surface area contributed by atoms with Crippen molar-refractivity contribution in [3.8, 4) is 11.6 Å². The lowest BCUT2D eigenvalue weighted by molar-refractivity contribution is 0.0373. The first-order valence-electron chi connectivity index (χ1n) is 13.1. The van der Waals surface area contributed by atoms with E-state index in [0.29, 0.717) is 11.3 Å². The molecule has 0 aliphatic carbocycles. The van der Waals surface area contributed by atoms with Gasteiger partial charge in [0, 0.05) is 25.7 Å². The number of benzene rings is 2. The summed E-state index contributed by atoms with van der Waals surface area (Å²) in [7, 11) is -0.807. The lowest BCUT2D eigenvalue weighted by Gasteiger charge is -2.37. The number of pyridine rings is 1. The zero-order valence-electron chi connectivity index (χ0n) is 23.1. The Morgan fingerprint density at radius 1 is 1.15 bits per heavy atom. The van der Waals surface area contributed by atoms with E-state index in [9.17, 15) is 18.3 Å². The van der Waals surface area contributed by atoms with E-state index >= 15 is 0 Å². The van der Waals surface area contributed by atoms with Crippen LogP contribution in [0.15, 0.2) is 71.8 Å². The van der Waals surface area contributed by atoms with Crippen LogP contribution < -0.4 is 9.47 Å². The van der Waals surface area contributed by atoms with Crippen molar-refractivity contribution in [2.75, 3.05) is 33.9 Å². The van der Waals surface area contributed by atoms with Crippen molar-refractivity contribution >= 4 is 28.1 Å². The van der Waals surface area contributed by atoms with Crippen molar-refractivity contribution in [2.45, 2.75) is 30.9 Å². The zero-order valence-corrected chi connectivity index (χ0v) is 23.9. The van der Waals surface area contributed by atoms with Crippen LogP contribution in [0.5, 0.6) is 11.6 Å². The Morgan fingerprint density at radius 2 is 1.82 bits per heavy atom. The maximum absolute atomic E-state index is 13.6. The number of amides is 1. The van der Waals surface area contributed by atoms with Gasteiger partial charge in [0.05, 0.1) is 31.2 Å². The highest BCUT2D eigenvalue weighted by Gasteiger charge is 2.35. The van der Waals surface area contributed by atoms with E-state index in [2.05, 4.69) is 4.98 Å². The Balaban J connectivity index is 1.65. The molecule has 0 radical (unpaired) electrons. The monoisotopic (exact) mass is 565 g/mol. The summed E-state index contributed by atoms with van der Waals surface area (Å²) in [5.41, 5.74) is 1.97. The van der Waals surface area contributed by atoms with E-state index < -0.39 is 22.2 Å². The number of aliphatic hydroxyl groups excluding tert-OH is 1. The van der Waals surface area contributed by atoms with Crippen molar-refractivity contribution in [2.24, 2.45) is 5.92 Å². The molecule has 0 spiro atoms. The minimum atomic E-state index is -3.82. The second-order valence-corrected chi connectivity index (χ2v) is 12.0. The number of nitrogens with zero attached hydrogens (tertiary/aromatic N) is 3. The average Bonchev–Trinajstić information content (AvgIpc) is 2.98. The van der Waals surface area contributed by atoms with E-state index in [1.165, 1.54) is 30.6 Å². The fraction of sp³-hybridized carbons (Fsp3) is 0.333. The number of fused-ring (bicyclic) bond motifs is 1. The van der Waals surface area contributed by atoms with Crippen LogP contribution in [0.1, 0.15) is 35.3 Å². The maximum Gasteiger partial charge on any atom is 0.259 e. The van der Waals surface area contributed by atoms with Crippen molar-refractivity contribution in [3.63, 3.8) is 0 Å². The van der Waals surface area contributed by atoms with Gasteiger partial charge in [-0.05, 0) is 48.4 Å². The molecule has 3 atom stereocenters. The number of hydrogen-bond acceptors (Lipinski definition) is 7. The van der Waals surface area contributed by atoms with Gasteiger partial charge in [-0.2, -0.15) is 4.31 Å². The van der Waals surface area contributed by atoms with E-state index in [0.717, 1.165) is 5.56 Å². The Kier molecular flexibility index (Phi) is 9.24. The second-order valence-electron chi connectivity index (χ2n) is 9.95. The van der Waals surface area contributed by atoms with Gasteiger partial charge in [0.25, 0.3) is 5.91 Å². The Labute approximate surface area is 235 Å². The molecule has 2 heterocycles. The highest BCUT2D eigenvalue weighted by atomic mass is 32.2. The zero-order chi connectivity index (χ0) is 28.9. The Bertz CT molecular complexity index is 1440. The molecule has 1 aliphatic heterocycles. The third-order valence-electron chi connectivity index (χ3n) is 7.01. The van der Waals surface area contributed by atoms with Gasteiger partial charge in [-0.15, -0.1) is 0 Å². The van der Waals surface area contributed by atoms with Gasteiger partial charge in [0.1, 0.15) is 17.4 Å². The van der Waals surface area contributed by atoms with Crippen LogP contribution >= 0.6 is 0 Å². The normalized spacial score (nSPS) is 18.6. The summed E-state index contributed by atoms with van der Waals surface area (Å²) in [6, 6.07) is 17.2. The highest BCUT2D eigenvalue weighted by Crippen LogP contribution is 2.29. The number of aromatic nitrogens is 1. The molecule has 0 bridgehead atoms. The number of sulfonamides is 1. The minimum Gasteiger partial charge on any atom is -0.497 e. The van der Waals surface area contributed by atoms with Gasteiger partial charge < -0.3 is 19.5 Å². The van der Waals surface area contributed by atoms with Crippen LogP contribution in [0.2, 0.25) is 0 Å². The Hall–Kier alpha value is -3.73. The fourth-order valence-corrected chi connectivity index (χ4v) is 5.65. The number of aliphatic hydroxyl groups is 1. The number of rotatable bonds is 9. The number of ether oxygens (including phenoxy) is 2. The number of hydrogen-bond donors (Lipinski definition) is 1. The molecule has 4 rings (SSSR count). The largest absolute Gasteiger partial charge is 0.497 e. The van der Waals surface area contributed by atoms with Crippen LogP contribution in [0.25, 0.3) is 12.2 Å². The summed E-state index contributed by atoms with van der Waals surface area (Å²) in [5, 5.41) is 9.90. The molecule has 9 nitrogen and oxygen atoms in total. The van der Waals surface area contributed by atoms with Crippen LogP contribution in [-0.4, -0.2) is 79.6 Å². The predicted octanol–water partition coefficient (Wildman–Crippen LogP) is 3.80. The molecule has 0 unspecified atom stereocenters. The molecule has 1 aromatic heterocycles. The lowest BCUT2D eigenvalue weighted by Crippen LogP contribution is -2.50. The topological polar surface area (TPSA) is 109 Å². The molecule has 1 amide bonds. The summed E-state index contributed by atoms with van der Waals surface area (Å²) in [5.74, 6) is 0.119. The summed E-state index contributed by atoms with van der Waals surface area (Å²) in [6.45, 7) is 3.75. The quantitative estimate of drug-likeness (QED) is 0.420. The van der Waals surface area contributed by atoms with Crippen LogP contribution in [0, 0.1) is 5.92 Å². The van der Waals surface area contributed by atoms with E-state index in [1.807, 2.05) is 49.4 Å². The van der Waals surface area contributed by atoms with Gasteiger partial charge in [-0.3, -0.25) is 4.79 Å². The fourth-order valence-electron chi connectivity index (χ4n) is 4.46. The standard InChI is InChI=1S/C30H35N3O6S/c1-21-18-33(22(2)20-34)30(35)27-16-24(11-10-23-8-6-5-7-9-23)17-31-29(27)39-28(21)19-32(3)40(36,37)26-14-12-25(38-4)13-15-26/h5-17,21-22,28,34H,18-20H2,1-4H3/t21-,22-,28+/m0/s1. The summed E-state index contributed by atoms with van der Waals surface area (Å²) >= 11 is 0. The molecule has 0 saturated heterocycles. The van der Waals surface area contributed by atoms with Gasteiger partial charge in [-0.25, -0.2) is 13.4 Å². The third-order valence-corrected chi connectivity index (χ3v) is 8.85. The molecular formula is C30H35N3O6S. The lowest BCUT2D eigenvalue weighted by atomic mass is 10.00. The van der Waals surface area contributed by atoms with Crippen molar-refractivity contribution < 1.29 is 27.8 Å². The molecule has 1 aliphatic rings. The van der Waals surface area contributed by atoms with Gasteiger partial charge >= 0.3 is 0 Å². The van der Waals surface area contributed by atoms with E-state index in [-0.39, 0.29) is 47.9 Å². The van der Waals surface area contributed by atoms with Crippen LogP contribution in [0.4, 0.5) is 0 Å². The van der Waals surface area contributed by atoms with Crippen molar-refractivity contribution in [3.05, 3.63) is 83.6 Å². The number of likely N-dealkylation sites (N-methyl/N-ethyl adjacent to an activating group) is 1. The first-order chi connectivity index (χ1) is 19.1. The molecule has 212 valence electrons. The molecule has 0 saturated carbocycles. The molecule has 0 fully saturated rings. The molecule has 10 heteroatoms. The number of carbonyl (C=O) groups excluding carboxylic acids is 1. The average molecular weight is 566 g/mol. The van der Waals surface area contributed by atoms with Crippen molar-refractivity contribution in [1.29, 1.82) is 0 Å². The van der Waals surface area contributed by atoms with E-state index in [4.69, 9.17) is 9.47 Å². The summed E-state index contributed by atoms with van der Waals surface area (Å²) in [6.07, 6.45) is 4.79. The molecule has 40 heavy (non-hydrogen) atoms. The summed E-state index contributed by atoms with van der Waals surface area (Å²) in [4.78, 5) is 19.8. The number of methoxy groups -OCH3 is 1. The third kappa shape index (κ3) is 6.52. The molecular weight excluding hydrogens is 530 g/mol. The highest BCUT2D eigenvalue weighted by molar-refractivity contribution is 7.89. The Morgan fingerprint density at radius 3 is 2.48 bits per heavy atom. The smallest absolute Gasteiger partial charge is 0.259 e. The van der Waals surface area contributed by atoms with Gasteiger partial charge in [-0.1, -0.05) is 49.4 Å².